The van der Waals surface area contributed by atoms with E-state index < -0.39 is 0 Å². The third-order valence-electron chi connectivity index (χ3n) is 4.73. The van der Waals surface area contributed by atoms with Crippen LogP contribution in [0.4, 0.5) is 5.69 Å². The zero-order chi connectivity index (χ0) is 21.7. The fourth-order valence-electron chi connectivity index (χ4n) is 2.98. The Morgan fingerprint density at radius 3 is 2.47 bits per heavy atom. The summed E-state index contributed by atoms with van der Waals surface area (Å²) in [7, 11) is 3.02. The molecule has 30 heavy (non-hydrogen) atoms. The summed E-state index contributed by atoms with van der Waals surface area (Å²) >= 11 is 6.10. The van der Waals surface area contributed by atoms with E-state index in [1.54, 1.807) is 18.3 Å². The molecule has 0 bridgehead atoms. The number of nitrogens with one attached hydrogen (secondary N) is 1. The molecule has 3 rings (SSSR count). The van der Waals surface area contributed by atoms with E-state index in [1.807, 2.05) is 12.1 Å². The lowest BCUT2D eigenvalue weighted by Gasteiger charge is -2.13. The summed E-state index contributed by atoms with van der Waals surface area (Å²) in [6.07, 6.45) is 2.27. The Morgan fingerprint density at radius 2 is 1.83 bits per heavy atom. The van der Waals surface area contributed by atoms with Gasteiger partial charge in [-0.15, -0.1) is 0 Å². The van der Waals surface area contributed by atoms with Crippen molar-refractivity contribution in [1.82, 2.24) is 4.98 Å². The molecule has 3 aromatic rings. The summed E-state index contributed by atoms with van der Waals surface area (Å²) in [4.78, 5) is 16.7. The third-order valence-corrected chi connectivity index (χ3v) is 5.02. The average Bonchev–Trinajstić information content (AvgIpc) is 3.22. The first-order valence-corrected chi connectivity index (χ1v) is 10.1. The molecule has 0 aliphatic carbocycles. The Morgan fingerprint density at radius 1 is 1.13 bits per heavy atom. The van der Waals surface area contributed by atoms with Crippen LogP contribution in [0.5, 0.6) is 11.5 Å². The van der Waals surface area contributed by atoms with Crippen LogP contribution in [-0.4, -0.2) is 25.1 Å². The molecule has 0 spiro atoms. The van der Waals surface area contributed by atoms with Crippen molar-refractivity contribution in [2.75, 3.05) is 19.5 Å². The highest BCUT2D eigenvalue weighted by Crippen LogP contribution is 2.36. The van der Waals surface area contributed by atoms with Crippen LogP contribution in [0.3, 0.4) is 0 Å². The van der Waals surface area contributed by atoms with Crippen molar-refractivity contribution < 1.29 is 18.7 Å². The standard InChI is InChI=1S/C23H25ClN2O4/c1-14(2)15-5-7-16(8-6-15)21-13-25-23(30-21)10-9-22(27)26-18-12-19(28-3)17(24)11-20(18)29-4/h5-8,11-14H,9-10H2,1-4H3,(H,26,27). The predicted octanol–water partition coefficient (Wildman–Crippen LogP) is 5.71. The molecule has 7 heteroatoms. The highest BCUT2D eigenvalue weighted by atomic mass is 35.5. The molecule has 0 saturated heterocycles. The molecule has 0 fully saturated rings. The number of oxazole rings is 1. The van der Waals surface area contributed by atoms with Gasteiger partial charge in [0.05, 0.1) is 31.1 Å². The Labute approximate surface area is 181 Å². The second kappa shape index (κ2) is 9.67. The fraction of sp³-hybridized carbons (Fsp3) is 0.304. The number of aromatic nitrogens is 1. The van der Waals surface area contributed by atoms with Gasteiger partial charge in [0.25, 0.3) is 0 Å². The van der Waals surface area contributed by atoms with E-state index in [4.69, 9.17) is 25.5 Å². The van der Waals surface area contributed by atoms with Crippen molar-refractivity contribution in [2.24, 2.45) is 0 Å². The Hall–Kier alpha value is -2.99. The summed E-state index contributed by atoms with van der Waals surface area (Å²) in [5, 5.41) is 3.22. The zero-order valence-electron chi connectivity index (χ0n) is 17.5. The summed E-state index contributed by atoms with van der Waals surface area (Å²) in [6.45, 7) is 4.31. The average molecular weight is 429 g/mol. The van der Waals surface area contributed by atoms with Crippen LogP contribution < -0.4 is 14.8 Å². The van der Waals surface area contributed by atoms with E-state index in [2.05, 4.69) is 36.3 Å². The van der Waals surface area contributed by atoms with Gasteiger partial charge >= 0.3 is 0 Å². The molecular formula is C23H25ClN2O4. The van der Waals surface area contributed by atoms with Crippen LogP contribution in [0, 0.1) is 0 Å². The summed E-state index contributed by atoms with van der Waals surface area (Å²) in [5.74, 6) is 2.38. The molecular weight excluding hydrogens is 404 g/mol. The number of hydrogen-bond donors (Lipinski definition) is 1. The molecule has 1 heterocycles. The highest BCUT2D eigenvalue weighted by Gasteiger charge is 2.14. The molecule has 0 aliphatic heterocycles. The van der Waals surface area contributed by atoms with Gasteiger partial charge in [0, 0.05) is 30.5 Å². The monoisotopic (exact) mass is 428 g/mol. The van der Waals surface area contributed by atoms with Crippen LogP contribution in [0.25, 0.3) is 11.3 Å². The third kappa shape index (κ3) is 5.13. The van der Waals surface area contributed by atoms with Gasteiger partial charge in [-0.05, 0) is 11.5 Å². The maximum atomic E-state index is 12.4. The number of carbonyl (C=O) groups is 1. The van der Waals surface area contributed by atoms with Crippen molar-refractivity contribution >= 4 is 23.2 Å². The van der Waals surface area contributed by atoms with Crippen LogP contribution in [-0.2, 0) is 11.2 Å². The zero-order valence-corrected chi connectivity index (χ0v) is 18.2. The van der Waals surface area contributed by atoms with Gasteiger partial charge in [-0.3, -0.25) is 4.79 Å². The molecule has 0 unspecified atom stereocenters. The maximum Gasteiger partial charge on any atom is 0.224 e. The molecule has 0 atom stereocenters. The van der Waals surface area contributed by atoms with Crippen LogP contribution in [0.15, 0.2) is 47.0 Å². The van der Waals surface area contributed by atoms with Gasteiger partial charge in [0.2, 0.25) is 5.91 Å². The Balaban J connectivity index is 1.62. The van der Waals surface area contributed by atoms with E-state index >= 15 is 0 Å². The normalized spacial score (nSPS) is 10.9. The minimum absolute atomic E-state index is 0.196. The summed E-state index contributed by atoms with van der Waals surface area (Å²) < 4.78 is 16.3. The van der Waals surface area contributed by atoms with E-state index in [9.17, 15) is 4.79 Å². The van der Waals surface area contributed by atoms with Gasteiger partial charge in [-0.1, -0.05) is 49.7 Å². The molecule has 158 valence electrons. The maximum absolute atomic E-state index is 12.4. The van der Waals surface area contributed by atoms with E-state index in [0.717, 1.165) is 5.56 Å². The molecule has 6 nitrogen and oxygen atoms in total. The van der Waals surface area contributed by atoms with Crippen molar-refractivity contribution in [3.05, 3.63) is 59.1 Å². The summed E-state index contributed by atoms with van der Waals surface area (Å²) in [6, 6.07) is 11.4. The number of aryl methyl sites for hydroxylation is 1. The number of rotatable bonds is 8. The number of nitrogens with zero attached hydrogens (tertiary/aromatic N) is 1. The van der Waals surface area contributed by atoms with Gasteiger partial charge < -0.3 is 19.2 Å². The number of halogens is 1. The second-order valence-electron chi connectivity index (χ2n) is 7.13. The second-order valence-corrected chi connectivity index (χ2v) is 7.54. The lowest BCUT2D eigenvalue weighted by Crippen LogP contribution is -2.13. The van der Waals surface area contributed by atoms with Gasteiger partial charge in [0.1, 0.15) is 11.5 Å². The number of methoxy groups -OCH3 is 2. The molecule has 0 saturated carbocycles. The van der Waals surface area contributed by atoms with Crippen LogP contribution in [0.1, 0.15) is 37.6 Å². The topological polar surface area (TPSA) is 73.6 Å². The molecule has 1 N–H and O–H groups in total. The smallest absolute Gasteiger partial charge is 0.224 e. The lowest BCUT2D eigenvalue weighted by atomic mass is 10.0. The number of carbonyl (C=O) groups excluding carboxylic acids is 1. The molecule has 1 amide bonds. The lowest BCUT2D eigenvalue weighted by molar-refractivity contribution is -0.116. The largest absolute Gasteiger partial charge is 0.495 e. The number of hydrogen-bond acceptors (Lipinski definition) is 5. The summed E-state index contributed by atoms with van der Waals surface area (Å²) in [5.41, 5.74) is 2.71. The number of ether oxygens (including phenoxy) is 2. The van der Waals surface area contributed by atoms with E-state index in [0.29, 0.717) is 46.2 Å². The first-order chi connectivity index (χ1) is 14.4. The van der Waals surface area contributed by atoms with Gasteiger partial charge in [0.15, 0.2) is 11.7 Å². The quantitative estimate of drug-likeness (QED) is 0.497. The number of anilines is 1. The number of benzene rings is 2. The van der Waals surface area contributed by atoms with Crippen molar-refractivity contribution in [1.29, 1.82) is 0 Å². The van der Waals surface area contributed by atoms with Gasteiger partial charge in [-0.25, -0.2) is 4.98 Å². The molecule has 0 radical (unpaired) electrons. The Bertz CT molecular complexity index is 1010. The minimum Gasteiger partial charge on any atom is -0.495 e. The predicted molar refractivity (Wildman–Crippen MR) is 118 cm³/mol. The van der Waals surface area contributed by atoms with E-state index in [-0.39, 0.29) is 12.3 Å². The highest BCUT2D eigenvalue weighted by molar-refractivity contribution is 6.32. The SMILES string of the molecule is COc1cc(NC(=O)CCc2ncc(-c3ccc(C(C)C)cc3)o2)c(OC)cc1Cl. The first-order valence-electron chi connectivity index (χ1n) is 9.67. The number of amides is 1. The van der Waals surface area contributed by atoms with Crippen molar-refractivity contribution in [2.45, 2.75) is 32.6 Å². The van der Waals surface area contributed by atoms with Crippen LogP contribution in [0.2, 0.25) is 5.02 Å². The van der Waals surface area contributed by atoms with Crippen molar-refractivity contribution in [3.63, 3.8) is 0 Å². The van der Waals surface area contributed by atoms with Gasteiger partial charge in [-0.2, -0.15) is 0 Å². The molecule has 0 aliphatic rings. The minimum atomic E-state index is -0.196. The molecule has 2 aromatic carbocycles. The van der Waals surface area contributed by atoms with Crippen LogP contribution >= 0.6 is 11.6 Å². The fourth-order valence-corrected chi connectivity index (χ4v) is 3.21. The Kier molecular flexibility index (Phi) is 7.00. The molecule has 1 aromatic heterocycles. The van der Waals surface area contributed by atoms with E-state index in [1.165, 1.54) is 19.8 Å². The first kappa shape index (κ1) is 21.7. The van der Waals surface area contributed by atoms with Crippen molar-refractivity contribution in [3.8, 4) is 22.8 Å².